The van der Waals surface area contributed by atoms with Crippen LogP contribution in [0.2, 0.25) is 0 Å². The lowest BCUT2D eigenvalue weighted by atomic mass is 9.95. The molecule has 0 aliphatic rings. The molecule has 30 heavy (non-hydrogen) atoms. The lowest BCUT2D eigenvalue weighted by molar-refractivity contribution is 0.103. The summed E-state index contributed by atoms with van der Waals surface area (Å²) in [5.41, 5.74) is 1.09. The lowest BCUT2D eigenvalue weighted by Crippen LogP contribution is -2.07. The third kappa shape index (κ3) is 2.97. The molecule has 0 atom stereocenters. The molecule has 1 aromatic heterocycles. The third-order valence-electron chi connectivity index (χ3n) is 5.08. The van der Waals surface area contributed by atoms with Crippen molar-refractivity contribution in [2.24, 2.45) is 0 Å². The first-order valence-electron chi connectivity index (χ1n) is 9.18. The number of carbonyl (C=O) groups is 1. The molecule has 3 aromatic carbocycles. The molecule has 1 heterocycles. The zero-order valence-electron chi connectivity index (χ0n) is 16.7. The van der Waals surface area contributed by atoms with E-state index in [-0.39, 0.29) is 11.5 Å². The molecule has 0 spiro atoms. The minimum atomic E-state index is -0.254. The molecular formula is C24H18N2O4. The molecule has 0 unspecified atom stereocenters. The van der Waals surface area contributed by atoms with E-state index in [0.29, 0.717) is 39.1 Å². The number of benzene rings is 3. The van der Waals surface area contributed by atoms with E-state index in [0.717, 1.165) is 10.8 Å². The van der Waals surface area contributed by atoms with E-state index in [2.05, 4.69) is 11.1 Å². The van der Waals surface area contributed by atoms with Gasteiger partial charge in [0, 0.05) is 27.9 Å². The van der Waals surface area contributed by atoms with Crippen molar-refractivity contribution in [1.29, 1.82) is 5.26 Å². The number of fused-ring (bicyclic) bond motifs is 2. The van der Waals surface area contributed by atoms with Gasteiger partial charge in [-0.05, 0) is 29.7 Å². The van der Waals surface area contributed by atoms with Crippen LogP contribution in [0.4, 0.5) is 0 Å². The lowest BCUT2D eigenvalue weighted by Gasteiger charge is -2.13. The standard InChI is InChI=1S/C24H18N2O4/c1-28-20-9-8-17(15-6-4-5-7-16(15)20)24(27)23-19-11-22(30-3)21(29-2)10-18(19)14(12-25)13-26-23/h4-11,13H,1-3H3. The molecule has 0 bridgehead atoms. The zero-order chi connectivity index (χ0) is 21.3. The first kappa shape index (κ1) is 19.2. The second-order valence-electron chi connectivity index (χ2n) is 6.58. The molecule has 0 saturated heterocycles. The fourth-order valence-electron chi connectivity index (χ4n) is 3.61. The van der Waals surface area contributed by atoms with Gasteiger partial charge in [-0.15, -0.1) is 0 Å². The van der Waals surface area contributed by atoms with Crippen molar-refractivity contribution in [3.05, 3.63) is 71.5 Å². The first-order chi connectivity index (χ1) is 14.6. The molecule has 148 valence electrons. The molecule has 0 N–H and O–H groups in total. The van der Waals surface area contributed by atoms with Gasteiger partial charge in [-0.25, -0.2) is 0 Å². The van der Waals surface area contributed by atoms with Crippen molar-refractivity contribution in [2.75, 3.05) is 21.3 Å². The molecular weight excluding hydrogens is 380 g/mol. The van der Waals surface area contributed by atoms with Crippen LogP contribution in [0.5, 0.6) is 17.2 Å². The van der Waals surface area contributed by atoms with Gasteiger partial charge in [-0.3, -0.25) is 9.78 Å². The minimum absolute atomic E-state index is 0.236. The summed E-state index contributed by atoms with van der Waals surface area (Å²) in [6, 6.07) is 16.5. The number of nitriles is 1. The highest BCUT2D eigenvalue weighted by atomic mass is 16.5. The number of ether oxygens (including phenoxy) is 3. The molecule has 4 aromatic rings. The van der Waals surface area contributed by atoms with Gasteiger partial charge in [0.2, 0.25) is 5.78 Å². The fraction of sp³-hybridized carbons (Fsp3) is 0.125. The molecule has 0 radical (unpaired) electrons. The Morgan fingerprint density at radius 3 is 2.10 bits per heavy atom. The molecule has 0 aliphatic heterocycles. The highest BCUT2D eigenvalue weighted by molar-refractivity contribution is 6.21. The van der Waals surface area contributed by atoms with Gasteiger partial charge in [0.05, 0.1) is 26.9 Å². The highest BCUT2D eigenvalue weighted by Crippen LogP contribution is 2.36. The molecule has 0 fully saturated rings. The maximum Gasteiger partial charge on any atom is 0.212 e. The van der Waals surface area contributed by atoms with Crippen LogP contribution in [0.1, 0.15) is 21.6 Å². The van der Waals surface area contributed by atoms with Crippen molar-refractivity contribution in [2.45, 2.75) is 0 Å². The number of carbonyl (C=O) groups excluding carboxylic acids is 1. The van der Waals surface area contributed by atoms with E-state index < -0.39 is 0 Å². The smallest absolute Gasteiger partial charge is 0.212 e. The topological polar surface area (TPSA) is 81.4 Å². The van der Waals surface area contributed by atoms with Crippen LogP contribution in [-0.4, -0.2) is 32.1 Å². The van der Waals surface area contributed by atoms with Gasteiger partial charge in [-0.1, -0.05) is 24.3 Å². The zero-order valence-corrected chi connectivity index (χ0v) is 16.7. The number of methoxy groups -OCH3 is 3. The molecule has 4 rings (SSSR count). The Balaban J connectivity index is 2.00. The van der Waals surface area contributed by atoms with E-state index in [1.807, 2.05) is 24.3 Å². The van der Waals surface area contributed by atoms with Gasteiger partial charge in [0.15, 0.2) is 11.5 Å². The molecule has 6 heteroatoms. The van der Waals surface area contributed by atoms with Crippen molar-refractivity contribution in [3.63, 3.8) is 0 Å². The monoisotopic (exact) mass is 398 g/mol. The van der Waals surface area contributed by atoms with Gasteiger partial charge in [-0.2, -0.15) is 5.26 Å². The maximum absolute atomic E-state index is 13.6. The first-order valence-corrected chi connectivity index (χ1v) is 9.18. The number of rotatable bonds is 5. The Labute approximate surface area is 173 Å². The van der Waals surface area contributed by atoms with E-state index in [1.165, 1.54) is 20.4 Å². The van der Waals surface area contributed by atoms with Crippen molar-refractivity contribution in [1.82, 2.24) is 4.98 Å². The predicted molar refractivity (Wildman–Crippen MR) is 113 cm³/mol. The van der Waals surface area contributed by atoms with Crippen LogP contribution in [0, 0.1) is 11.3 Å². The van der Waals surface area contributed by atoms with Crippen molar-refractivity contribution >= 4 is 27.3 Å². The Morgan fingerprint density at radius 2 is 1.47 bits per heavy atom. The average molecular weight is 398 g/mol. The van der Waals surface area contributed by atoms with Gasteiger partial charge < -0.3 is 14.2 Å². The summed E-state index contributed by atoms with van der Waals surface area (Å²) < 4.78 is 16.2. The number of ketones is 1. The molecule has 0 amide bonds. The Kier molecular flexibility index (Phi) is 4.95. The number of nitrogens with zero attached hydrogens (tertiary/aromatic N) is 2. The van der Waals surface area contributed by atoms with Crippen LogP contribution >= 0.6 is 0 Å². The largest absolute Gasteiger partial charge is 0.496 e. The van der Waals surface area contributed by atoms with E-state index in [9.17, 15) is 10.1 Å². The van der Waals surface area contributed by atoms with Gasteiger partial charge in [0.25, 0.3) is 0 Å². The Hall–Kier alpha value is -4.11. The van der Waals surface area contributed by atoms with Gasteiger partial charge in [0.1, 0.15) is 17.5 Å². The van der Waals surface area contributed by atoms with Crippen LogP contribution in [0.15, 0.2) is 54.7 Å². The van der Waals surface area contributed by atoms with Crippen LogP contribution in [0.3, 0.4) is 0 Å². The summed E-state index contributed by atoms with van der Waals surface area (Å²) in [6.07, 6.45) is 1.41. The van der Waals surface area contributed by atoms with Crippen molar-refractivity contribution in [3.8, 4) is 23.3 Å². The van der Waals surface area contributed by atoms with Crippen molar-refractivity contribution < 1.29 is 19.0 Å². The fourth-order valence-corrected chi connectivity index (χ4v) is 3.61. The van der Waals surface area contributed by atoms with E-state index in [4.69, 9.17) is 14.2 Å². The third-order valence-corrected chi connectivity index (χ3v) is 5.08. The molecule has 6 nitrogen and oxygen atoms in total. The summed E-state index contributed by atoms with van der Waals surface area (Å²) in [4.78, 5) is 17.9. The van der Waals surface area contributed by atoms with Crippen LogP contribution in [0.25, 0.3) is 21.5 Å². The van der Waals surface area contributed by atoms with E-state index in [1.54, 1.807) is 31.4 Å². The Morgan fingerprint density at radius 1 is 0.833 bits per heavy atom. The summed E-state index contributed by atoms with van der Waals surface area (Å²) >= 11 is 0. The second-order valence-corrected chi connectivity index (χ2v) is 6.58. The summed E-state index contributed by atoms with van der Waals surface area (Å²) in [7, 11) is 4.63. The molecule has 0 saturated carbocycles. The van der Waals surface area contributed by atoms with Crippen LogP contribution in [-0.2, 0) is 0 Å². The highest BCUT2D eigenvalue weighted by Gasteiger charge is 2.21. The Bertz CT molecular complexity index is 1340. The second kappa shape index (κ2) is 7.72. The number of aromatic nitrogens is 1. The summed E-state index contributed by atoms with van der Waals surface area (Å²) in [6.45, 7) is 0. The maximum atomic E-state index is 13.6. The number of pyridine rings is 1. The average Bonchev–Trinajstić information content (AvgIpc) is 2.81. The number of hydrogen-bond donors (Lipinski definition) is 0. The normalized spacial score (nSPS) is 10.6. The van der Waals surface area contributed by atoms with E-state index >= 15 is 0 Å². The molecule has 0 aliphatic carbocycles. The SMILES string of the molecule is COc1cc2c(C#N)cnc(C(=O)c3ccc(OC)c4ccccc34)c2cc1OC. The minimum Gasteiger partial charge on any atom is -0.496 e. The summed E-state index contributed by atoms with van der Waals surface area (Å²) in [5, 5.41) is 12.2. The predicted octanol–water partition coefficient (Wildman–Crippen LogP) is 4.52. The number of hydrogen-bond acceptors (Lipinski definition) is 6. The quantitative estimate of drug-likeness (QED) is 0.460. The van der Waals surface area contributed by atoms with Crippen LogP contribution < -0.4 is 14.2 Å². The van der Waals surface area contributed by atoms with Gasteiger partial charge >= 0.3 is 0 Å². The summed E-state index contributed by atoms with van der Waals surface area (Å²) in [5.74, 6) is 1.36.